The first-order valence-corrected chi connectivity index (χ1v) is 9.73. The minimum Gasteiger partial charge on any atom is -0.454 e. The molecule has 0 aromatic heterocycles. The molecular formula is C20H27NO8. The van der Waals surface area contributed by atoms with Crippen LogP contribution in [0.3, 0.4) is 0 Å². The third kappa shape index (κ3) is 5.98. The number of carbonyl (C=O) groups excluding carboxylic acids is 2. The van der Waals surface area contributed by atoms with Crippen LogP contribution in [0.4, 0.5) is 4.79 Å². The Balaban J connectivity index is 1.37. The number of esters is 1. The van der Waals surface area contributed by atoms with Gasteiger partial charge in [-0.05, 0) is 38.0 Å². The number of amides is 1. The molecule has 0 N–H and O–H groups in total. The van der Waals surface area contributed by atoms with E-state index in [1.165, 1.54) is 0 Å². The van der Waals surface area contributed by atoms with E-state index in [0.29, 0.717) is 31.9 Å². The van der Waals surface area contributed by atoms with Gasteiger partial charge in [-0.1, -0.05) is 6.07 Å². The molecule has 1 aromatic carbocycles. The zero-order valence-corrected chi connectivity index (χ0v) is 16.8. The molecule has 9 nitrogen and oxygen atoms in total. The number of benzene rings is 1. The van der Waals surface area contributed by atoms with Crippen LogP contribution in [0.25, 0.3) is 0 Å². The molecule has 1 unspecified atom stereocenters. The molecule has 1 atom stereocenters. The van der Waals surface area contributed by atoms with Crippen LogP contribution < -0.4 is 9.47 Å². The molecule has 0 saturated carbocycles. The van der Waals surface area contributed by atoms with Crippen LogP contribution >= 0.6 is 0 Å². The molecule has 1 aromatic rings. The van der Waals surface area contributed by atoms with E-state index < -0.39 is 18.9 Å². The van der Waals surface area contributed by atoms with E-state index in [9.17, 15) is 9.59 Å². The predicted octanol–water partition coefficient (Wildman–Crippen LogP) is 2.11. The Bertz CT molecular complexity index is 706. The van der Waals surface area contributed by atoms with Crippen LogP contribution in [0.5, 0.6) is 11.5 Å². The smallest absolute Gasteiger partial charge is 0.412 e. The molecule has 0 aliphatic carbocycles. The van der Waals surface area contributed by atoms with Gasteiger partial charge in [-0.3, -0.25) is 4.79 Å². The highest BCUT2D eigenvalue weighted by molar-refractivity contribution is 5.70. The maximum absolute atomic E-state index is 12.4. The Labute approximate surface area is 169 Å². The van der Waals surface area contributed by atoms with Crippen LogP contribution in [0.1, 0.15) is 25.8 Å². The second-order valence-electron chi connectivity index (χ2n) is 6.85. The monoisotopic (exact) mass is 409 g/mol. The van der Waals surface area contributed by atoms with Crippen LogP contribution in [-0.4, -0.2) is 69.1 Å². The molecule has 1 saturated heterocycles. The van der Waals surface area contributed by atoms with Crippen LogP contribution in [-0.2, 0) is 30.2 Å². The van der Waals surface area contributed by atoms with Gasteiger partial charge in [0.15, 0.2) is 11.5 Å². The Hall–Kier alpha value is -2.52. The van der Waals surface area contributed by atoms with Gasteiger partial charge in [0.1, 0.15) is 6.10 Å². The summed E-state index contributed by atoms with van der Waals surface area (Å²) in [7, 11) is 0. The SMILES string of the molecule is CCN(C(=O)OCOC(=O)CCOC1COC1)C(C)Cc1ccc2c(c1)OCO2. The van der Waals surface area contributed by atoms with Crippen molar-refractivity contribution in [3.63, 3.8) is 0 Å². The van der Waals surface area contributed by atoms with E-state index in [1.54, 1.807) is 4.90 Å². The van der Waals surface area contributed by atoms with Crippen molar-refractivity contribution in [1.29, 1.82) is 0 Å². The number of nitrogens with zero attached hydrogens (tertiary/aromatic N) is 1. The van der Waals surface area contributed by atoms with E-state index in [-0.39, 0.29) is 32.0 Å². The molecule has 0 spiro atoms. The van der Waals surface area contributed by atoms with Crippen molar-refractivity contribution in [2.45, 2.75) is 38.8 Å². The molecule has 3 rings (SSSR count). The zero-order valence-electron chi connectivity index (χ0n) is 16.8. The number of likely N-dealkylation sites (N-methyl/N-ethyl adjacent to an activating group) is 1. The maximum Gasteiger partial charge on any atom is 0.412 e. The summed E-state index contributed by atoms with van der Waals surface area (Å²) in [6.45, 7) is 5.45. The highest BCUT2D eigenvalue weighted by atomic mass is 16.7. The van der Waals surface area contributed by atoms with Crippen molar-refractivity contribution in [3.05, 3.63) is 23.8 Å². The molecule has 29 heavy (non-hydrogen) atoms. The van der Waals surface area contributed by atoms with E-state index >= 15 is 0 Å². The zero-order chi connectivity index (χ0) is 20.6. The van der Waals surface area contributed by atoms with E-state index in [0.717, 1.165) is 11.3 Å². The average molecular weight is 409 g/mol. The maximum atomic E-state index is 12.4. The summed E-state index contributed by atoms with van der Waals surface area (Å²) in [5.74, 6) is 0.956. The van der Waals surface area contributed by atoms with E-state index in [1.807, 2.05) is 32.0 Å². The molecule has 0 radical (unpaired) electrons. The predicted molar refractivity (Wildman–Crippen MR) is 101 cm³/mol. The first-order valence-electron chi connectivity index (χ1n) is 9.73. The molecule has 2 aliphatic rings. The number of fused-ring (bicyclic) bond motifs is 1. The van der Waals surface area contributed by atoms with Gasteiger partial charge in [0.2, 0.25) is 13.6 Å². The molecule has 9 heteroatoms. The summed E-state index contributed by atoms with van der Waals surface area (Å²) in [6.07, 6.45) is 0.259. The van der Waals surface area contributed by atoms with Crippen LogP contribution in [0, 0.1) is 0 Å². The highest BCUT2D eigenvalue weighted by Crippen LogP contribution is 2.33. The average Bonchev–Trinajstić information content (AvgIpc) is 3.12. The summed E-state index contributed by atoms with van der Waals surface area (Å²) < 4.78 is 31.1. The molecule has 160 valence electrons. The molecule has 2 aliphatic heterocycles. The molecule has 1 fully saturated rings. The van der Waals surface area contributed by atoms with Gasteiger partial charge in [0.25, 0.3) is 0 Å². The number of ether oxygens (including phenoxy) is 6. The van der Waals surface area contributed by atoms with Gasteiger partial charge in [0, 0.05) is 12.6 Å². The van der Waals surface area contributed by atoms with Crippen LogP contribution in [0.15, 0.2) is 18.2 Å². The standard InChI is InChI=1S/C20H27NO8/c1-3-21(14(2)8-15-4-5-17-18(9-15)27-12-26-17)20(23)29-13-28-19(22)6-7-25-16-10-24-11-16/h4-5,9,14,16H,3,6-8,10-13H2,1-2H3. The van der Waals surface area contributed by atoms with Crippen molar-refractivity contribution in [2.75, 3.05) is 40.0 Å². The lowest BCUT2D eigenvalue weighted by Crippen LogP contribution is -2.40. The topological polar surface area (TPSA) is 92.8 Å². The largest absolute Gasteiger partial charge is 0.454 e. The molecular weight excluding hydrogens is 382 g/mol. The van der Waals surface area contributed by atoms with Gasteiger partial charge in [-0.15, -0.1) is 0 Å². The fourth-order valence-electron chi connectivity index (χ4n) is 3.06. The first kappa shape index (κ1) is 21.2. The number of hydrogen-bond acceptors (Lipinski definition) is 8. The van der Waals surface area contributed by atoms with E-state index in [4.69, 9.17) is 28.4 Å². The van der Waals surface area contributed by atoms with Gasteiger partial charge in [-0.2, -0.15) is 0 Å². The number of hydrogen-bond donors (Lipinski definition) is 0. The van der Waals surface area contributed by atoms with Gasteiger partial charge in [0.05, 0.1) is 26.2 Å². The van der Waals surface area contributed by atoms with Gasteiger partial charge < -0.3 is 33.3 Å². The Morgan fingerprint density at radius 2 is 2.00 bits per heavy atom. The second-order valence-corrected chi connectivity index (χ2v) is 6.85. The number of carbonyl (C=O) groups is 2. The fourth-order valence-corrected chi connectivity index (χ4v) is 3.06. The van der Waals surface area contributed by atoms with Gasteiger partial charge >= 0.3 is 12.1 Å². The summed E-state index contributed by atoms with van der Waals surface area (Å²) >= 11 is 0. The lowest BCUT2D eigenvalue weighted by atomic mass is 10.1. The van der Waals surface area contributed by atoms with Crippen molar-refractivity contribution in [3.8, 4) is 11.5 Å². The first-order chi connectivity index (χ1) is 14.1. The Morgan fingerprint density at radius 3 is 2.72 bits per heavy atom. The molecule has 0 bridgehead atoms. The number of rotatable bonds is 10. The van der Waals surface area contributed by atoms with Crippen molar-refractivity contribution >= 4 is 12.1 Å². The van der Waals surface area contributed by atoms with Crippen molar-refractivity contribution in [2.24, 2.45) is 0 Å². The summed E-state index contributed by atoms with van der Waals surface area (Å²) in [6, 6.07) is 5.61. The molecule has 2 heterocycles. The van der Waals surface area contributed by atoms with Crippen molar-refractivity contribution < 1.29 is 38.0 Å². The lowest BCUT2D eigenvalue weighted by Gasteiger charge is -2.27. The third-order valence-corrected chi connectivity index (χ3v) is 4.74. The third-order valence-electron chi connectivity index (χ3n) is 4.74. The highest BCUT2D eigenvalue weighted by Gasteiger charge is 2.22. The second kappa shape index (κ2) is 10.3. The normalized spacial score (nSPS) is 16.1. The Morgan fingerprint density at radius 1 is 1.21 bits per heavy atom. The quantitative estimate of drug-likeness (QED) is 0.429. The Kier molecular flexibility index (Phi) is 7.54. The summed E-state index contributed by atoms with van der Waals surface area (Å²) in [4.78, 5) is 25.6. The summed E-state index contributed by atoms with van der Waals surface area (Å²) in [5.41, 5.74) is 1.02. The van der Waals surface area contributed by atoms with Crippen molar-refractivity contribution in [1.82, 2.24) is 4.90 Å². The molecule has 1 amide bonds. The van der Waals surface area contributed by atoms with Gasteiger partial charge in [-0.25, -0.2) is 4.79 Å². The van der Waals surface area contributed by atoms with E-state index in [2.05, 4.69) is 0 Å². The minimum absolute atomic E-state index is 0.0602. The fraction of sp³-hybridized carbons (Fsp3) is 0.600. The lowest BCUT2D eigenvalue weighted by molar-refractivity contribution is -0.159. The minimum atomic E-state index is -0.531. The van der Waals surface area contributed by atoms with Crippen LogP contribution in [0.2, 0.25) is 0 Å². The summed E-state index contributed by atoms with van der Waals surface area (Å²) in [5, 5.41) is 0.